The molecule has 0 saturated carbocycles. The van der Waals surface area contributed by atoms with Gasteiger partial charge in [-0.25, -0.2) is 18.2 Å². The average molecular weight is 384 g/mol. The standard InChI is InChI=1S/C20H15F3N4O/c1-2-26-11-24-18-19(28)25-17(10-12-9-14(22)5-8-16(12)23)27(20(18)26)15-6-3-13(21)4-7-15/h3-9,11H,2,10H2,1H3. The van der Waals surface area contributed by atoms with Gasteiger partial charge in [0, 0.05) is 18.7 Å². The number of rotatable bonds is 4. The van der Waals surface area contributed by atoms with Crippen molar-refractivity contribution in [1.82, 2.24) is 19.1 Å². The highest BCUT2D eigenvalue weighted by molar-refractivity contribution is 5.73. The molecule has 0 saturated heterocycles. The molecular formula is C20H15F3N4O. The van der Waals surface area contributed by atoms with Crippen LogP contribution >= 0.6 is 0 Å². The second-order valence-electron chi connectivity index (χ2n) is 6.26. The second-order valence-corrected chi connectivity index (χ2v) is 6.26. The van der Waals surface area contributed by atoms with Crippen LogP contribution in [0.4, 0.5) is 13.2 Å². The van der Waals surface area contributed by atoms with Gasteiger partial charge in [-0.15, -0.1) is 0 Å². The maximum atomic E-state index is 14.2. The molecule has 2 heterocycles. The Hall–Kier alpha value is -3.42. The number of hydrogen-bond acceptors (Lipinski definition) is 3. The van der Waals surface area contributed by atoms with Crippen LogP contribution in [0.2, 0.25) is 0 Å². The molecule has 142 valence electrons. The lowest BCUT2D eigenvalue weighted by Crippen LogP contribution is -2.20. The van der Waals surface area contributed by atoms with Crippen LogP contribution in [0.1, 0.15) is 18.3 Å². The zero-order chi connectivity index (χ0) is 19.8. The van der Waals surface area contributed by atoms with Gasteiger partial charge in [0.1, 0.15) is 23.3 Å². The minimum absolute atomic E-state index is 0.0599. The molecular weight excluding hydrogens is 369 g/mol. The van der Waals surface area contributed by atoms with Gasteiger partial charge in [0.25, 0.3) is 0 Å². The zero-order valence-electron chi connectivity index (χ0n) is 14.9. The highest BCUT2D eigenvalue weighted by Gasteiger charge is 2.18. The number of imidazole rings is 1. The molecule has 0 amide bonds. The number of aryl methyl sites for hydroxylation is 1. The lowest BCUT2D eigenvalue weighted by molar-refractivity contribution is 0.586. The number of fused-ring (bicyclic) bond motifs is 1. The van der Waals surface area contributed by atoms with Crippen LogP contribution in [0, 0.1) is 17.5 Å². The van der Waals surface area contributed by atoms with E-state index in [1.165, 1.54) is 30.6 Å². The molecule has 8 heteroatoms. The summed E-state index contributed by atoms with van der Waals surface area (Å²) in [6, 6.07) is 8.72. The Morgan fingerprint density at radius 3 is 2.43 bits per heavy atom. The summed E-state index contributed by atoms with van der Waals surface area (Å²) >= 11 is 0. The molecule has 0 fully saturated rings. The summed E-state index contributed by atoms with van der Waals surface area (Å²) in [5.74, 6) is -1.42. The lowest BCUT2D eigenvalue weighted by atomic mass is 10.1. The summed E-state index contributed by atoms with van der Waals surface area (Å²) < 4.78 is 44.6. The average Bonchev–Trinajstić information content (AvgIpc) is 3.10. The molecule has 0 radical (unpaired) electrons. The smallest absolute Gasteiger partial charge is 0.301 e. The van der Waals surface area contributed by atoms with Gasteiger partial charge in [-0.2, -0.15) is 4.98 Å². The Labute approximate surface area is 157 Å². The number of nitrogens with zero attached hydrogens (tertiary/aromatic N) is 4. The van der Waals surface area contributed by atoms with Crippen molar-refractivity contribution in [3.63, 3.8) is 0 Å². The van der Waals surface area contributed by atoms with Gasteiger partial charge < -0.3 is 4.57 Å². The fraction of sp³-hybridized carbons (Fsp3) is 0.150. The van der Waals surface area contributed by atoms with E-state index < -0.39 is 23.0 Å². The van der Waals surface area contributed by atoms with Crippen LogP contribution in [-0.2, 0) is 13.0 Å². The molecule has 5 nitrogen and oxygen atoms in total. The van der Waals surface area contributed by atoms with Crippen LogP contribution in [0.5, 0.6) is 0 Å². The third-order valence-corrected chi connectivity index (χ3v) is 4.50. The number of hydrogen-bond donors (Lipinski definition) is 0. The summed E-state index contributed by atoms with van der Waals surface area (Å²) in [4.78, 5) is 20.7. The second kappa shape index (κ2) is 6.95. The first-order valence-corrected chi connectivity index (χ1v) is 8.64. The molecule has 0 bridgehead atoms. The maximum absolute atomic E-state index is 14.2. The van der Waals surface area contributed by atoms with Gasteiger partial charge >= 0.3 is 5.56 Å². The fourth-order valence-electron chi connectivity index (χ4n) is 3.16. The largest absolute Gasteiger partial charge is 0.316 e. The minimum atomic E-state index is -0.606. The van der Waals surface area contributed by atoms with E-state index in [0.29, 0.717) is 17.9 Å². The van der Waals surface area contributed by atoms with E-state index in [9.17, 15) is 18.0 Å². The zero-order valence-corrected chi connectivity index (χ0v) is 14.9. The van der Waals surface area contributed by atoms with E-state index in [0.717, 1.165) is 18.2 Å². The Morgan fingerprint density at radius 1 is 1.00 bits per heavy atom. The first kappa shape index (κ1) is 18.0. The lowest BCUT2D eigenvalue weighted by Gasteiger charge is -2.16. The Kier molecular flexibility index (Phi) is 4.46. The number of halogens is 3. The first-order valence-electron chi connectivity index (χ1n) is 8.64. The molecule has 4 rings (SSSR count). The van der Waals surface area contributed by atoms with Crippen molar-refractivity contribution in [3.8, 4) is 5.69 Å². The normalized spacial score (nSPS) is 11.3. The molecule has 0 unspecified atom stereocenters. The van der Waals surface area contributed by atoms with Crippen molar-refractivity contribution in [2.75, 3.05) is 0 Å². The van der Waals surface area contributed by atoms with Crippen LogP contribution < -0.4 is 5.56 Å². The van der Waals surface area contributed by atoms with E-state index in [4.69, 9.17) is 0 Å². The molecule has 0 aliphatic carbocycles. The van der Waals surface area contributed by atoms with Crippen molar-refractivity contribution < 1.29 is 13.2 Å². The van der Waals surface area contributed by atoms with E-state index in [1.54, 1.807) is 9.13 Å². The fourth-order valence-corrected chi connectivity index (χ4v) is 3.16. The van der Waals surface area contributed by atoms with Gasteiger partial charge in [0.05, 0.1) is 6.33 Å². The van der Waals surface area contributed by atoms with Crippen LogP contribution in [0.15, 0.2) is 53.6 Å². The Bertz CT molecular complexity index is 1230. The molecule has 0 aliphatic rings. The van der Waals surface area contributed by atoms with E-state index in [1.807, 2.05) is 6.92 Å². The van der Waals surface area contributed by atoms with Crippen molar-refractivity contribution in [3.05, 3.63) is 88.0 Å². The van der Waals surface area contributed by atoms with E-state index >= 15 is 0 Å². The van der Waals surface area contributed by atoms with Crippen LogP contribution in [0.25, 0.3) is 16.9 Å². The number of aromatic nitrogens is 4. The van der Waals surface area contributed by atoms with Crippen LogP contribution in [0.3, 0.4) is 0 Å². The first-order chi connectivity index (χ1) is 13.5. The molecule has 0 N–H and O–H groups in total. The topological polar surface area (TPSA) is 52.7 Å². The van der Waals surface area contributed by atoms with Gasteiger partial charge in [-0.3, -0.25) is 9.36 Å². The SMILES string of the molecule is CCn1cnc2c(=O)nc(Cc3cc(F)ccc3F)n(-c3ccc(F)cc3)c21. The third kappa shape index (κ3) is 3.06. The Morgan fingerprint density at radius 2 is 1.71 bits per heavy atom. The molecule has 4 aromatic rings. The number of benzene rings is 2. The van der Waals surface area contributed by atoms with Gasteiger partial charge in [0.15, 0.2) is 11.2 Å². The van der Waals surface area contributed by atoms with Gasteiger partial charge in [0.2, 0.25) is 0 Å². The van der Waals surface area contributed by atoms with Gasteiger partial charge in [-0.1, -0.05) is 0 Å². The Balaban J connectivity index is 2.02. The minimum Gasteiger partial charge on any atom is -0.316 e. The van der Waals surface area contributed by atoms with Crippen molar-refractivity contribution in [1.29, 1.82) is 0 Å². The summed E-state index contributed by atoms with van der Waals surface area (Å²) in [5, 5.41) is 0. The van der Waals surface area contributed by atoms with E-state index in [2.05, 4.69) is 9.97 Å². The maximum Gasteiger partial charge on any atom is 0.301 e. The predicted molar refractivity (Wildman–Crippen MR) is 97.9 cm³/mol. The highest BCUT2D eigenvalue weighted by Crippen LogP contribution is 2.21. The summed E-state index contributed by atoms with van der Waals surface area (Å²) in [6.45, 7) is 2.40. The molecule has 0 aliphatic heterocycles. The molecule has 0 spiro atoms. The van der Waals surface area contributed by atoms with E-state index in [-0.39, 0.29) is 23.3 Å². The quantitative estimate of drug-likeness (QED) is 0.540. The molecule has 0 atom stereocenters. The monoisotopic (exact) mass is 384 g/mol. The molecule has 28 heavy (non-hydrogen) atoms. The predicted octanol–water partition coefficient (Wildman–Crippen LogP) is 3.61. The summed E-state index contributed by atoms with van der Waals surface area (Å²) in [5.41, 5.74) is 0.633. The summed E-state index contributed by atoms with van der Waals surface area (Å²) in [7, 11) is 0. The molecule has 2 aromatic heterocycles. The highest BCUT2D eigenvalue weighted by atomic mass is 19.1. The third-order valence-electron chi connectivity index (χ3n) is 4.50. The van der Waals surface area contributed by atoms with Crippen LogP contribution in [-0.4, -0.2) is 19.1 Å². The van der Waals surface area contributed by atoms with Crippen molar-refractivity contribution >= 4 is 11.2 Å². The van der Waals surface area contributed by atoms with Crippen molar-refractivity contribution in [2.45, 2.75) is 19.9 Å². The molecule has 2 aromatic carbocycles. The van der Waals surface area contributed by atoms with Gasteiger partial charge in [-0.05, 0) is 55.0 Å². The summed E-state index contributed by atoms with van der Waals surface area (Å²) in [6.07, 6.45) is 1.39. The van der Waals surface area contributed by atoms with Crippen molar-refractivity contribution in [2.24, 2.45) is 0 Å².